The topological polar surface area (TPSA) is 98.0 Å². The number of quaternary nitrogens is 1. The molecular weight excluding hydrogens is 258 g/mol. The average Bonchev–Trinajstić information content (AvgIpc) is 2.43. The fourth-order valence-corrected chi connectivity index (χ4v) is 1.87. The third-order valence-corrected chi connectivity index (χ3v) is 2.79. The van der Waals surface area contributed by atoms with Gasteiger partial charge in [0.1, 0.15) is 0 Å². The molecule has 6 heteroatoms. The molecule has 3 amide bonds. The van der Waals surface area contributed by atoms with Gasteiger partial charge in [-0.25, -0.2) is 4.79 Å². The van der Waals surface area contributed by atoms with E-state index < -0.39 is 18.0 Å². The Labute approximate surface area is 118 Å². The van der Waals surface area contributed by atoms with E-state index in [1.165, 1.54) is 0 Å². The molecule has 0 saturated heterocycles. The number of imide groups is 1. The molecule has 1 aromatic carbocycles. The van der Waals surface area contributed by atoms with Gasteiger partial charge in [0.2, 0.25) is 0 Å². The lowest BCUT2D eigenvalue weighted by Gasteiger charge is -2.14. The van der Waals surface area contributed by atoms with Crippen molar-refractivity contribution in [2.75, 3.05) is 19.8 Å². The standard InChI is InChI=1S/C14H21N3O3/c1-2-20-10-6-9-16-12(13(18)17-14(15)19)11-7-4-3-5-8-11/h3-5,7-8,12,16H,2,6,9-10H2,1H3,(H3,15,17,18,19)/p+1/t12-/m1/s1. The molecule has 0 fully saturated rings. The first-order valence-electron chi connectivity index (χ1n) is 6.71. The quantitative estimate of drug-likeness (QED) is 0.580. The SMILES string of the molecule is CCOCCC[NH2+][C@@H](C(=O)NC(N)=O)c1ccccc1. The second-order valence-electron chi connectivity index (χ2n) is 4.32. The summed E-state index contributed by atoms with van der Waals surface area (Å²) in [5.74, 6) is -0.403. The third-order valence-electron chi connectivity index (χ3n) is 2.79. The fraction of sp³-hybridized carbons (Fsp3) is 0.429. The maximum absolute atomic E-state index is 12.0. The predicted octanol–water partition coefficient (Wildman–Crippen LogP) is -0.0874. The summed E-state index contributed by atoms with van der Waals surface area (Å²) in [6, 6.07) is 7.97. The molecule has 1 rings (SSSR count). The molecule has 1 atom stereocenters. The number of nitrogens with one attached hydrogen (secondary N) is 1. The predicted molar refractivity (Wildman–Crippen MR) is 74.8 cm³/mol. The van der Waals surface area contributed by atoms with Gasteiger partial charge in [-0.2, -0.15) is 0 Å². The highest BCUT2D eigenvalue weighted by Gasteiger charge is 2.24. The Balaban J connectivity index is 2.60. The summed E-state index contributed by atoms with van der Waals surface area (Å²) in [5, 5.41) is 4.01. The number of carbonyl (C=O) groups excluding carboxylic acids is 2. The van der Waals surface area contributed by atoms with E-state index in [0.717, 1.165) is 18.5 Å². The van der Waals surface area contributed by atoms with Crippen molar-refractivity contribution in [1.82, 2.24) is 5.32 Å². The smallest absolute Gasteiger partial charge is 0.319 e. The third kappa shape index (κ3) is 5.81. The minimum Gasteiger partial charge on any atom is -0.382 e. The second kappa shape index (κ2) is 9.06. The first-order chi connectivity index (χ1) is 9.65. The lowest BCUT2D eigenvalue weighted by Crippen LogP contribution is -2.88. The van der Waals surface area contributed by atoms with Crippen molar-refractivity contribution in [3.63, 3.8) is 0 Å². The number of hydrogen-bond acceptors (Lipinski definition) is 3. The second-order valence-corrected chi connectivity index (χ2v) is 4.32. The molecule has 0 aliphatic rings. The molecule has 20 heavy (non-hydrogen) atoms. The Hall–Kier alpha value is -1.92. The highest BCUT2D eigenvalue weighted by atomic mass is 16.5. The van der Waals surface area contributed by atoms with Crippen LogP contribution >= 0.6 is 0 Å². The number of urea groups is 1. The molecule has 0 aromatic heterocycles. The van der Waals surface area contributed by atoms with Crippen LogP contribution in [-0.4, -0.2) is 31.7 Å². The van der Waals surface area contributed by atoms with Crippen molar-refractivity contribution in [3.8, 4) is 0 Å². The zero-order valence-corrected chi connectivity index (χ0v) is 11.7. The fourth-order valence-electron chi connectivity index (χ4n) is 1.87. The maximum atomic E-state index is 12.0. The normalized spacial score (nSPS) is 11.8. The minimum absolute atomic E-state index is 0.403. The Morgan fingerprint density at radius 1 is 1.35 bits per heavy atom. The molecular formula is C14H22N3O3+. The summed E-state index contributed by atoms with van der Waals surface area (Å²) >= 11 is 0. The van der Waals surface area contributed by atoms with Crippen molar-refractivity contribution in [2.45, 2.75) is 19.4 Å². The van der Waals surface area contributed by atoms with E-state index in [-0.39, 0.29) is 0 Å². The molecule has 5 N–H and O–H groups in total. The first-order valence-corrected chi connectivity index (χ1v) is 6.71. The lowest BCUT2D eigenvalue weighted by atomic mass is 10.1. The van der Waals surface area contributed by atoms with E-state index in [4.69, 9.17) is 10.5 Å². The van der Waals surface area contributed by atoms with Crippen LogP contribution in [0.15, 0.2) is 30.3 Å². The Kier molecular flexibility index (Phi) is 7.31. The van der Waals surface area contributed by atoms with Crippen LogP contribution in [0.4, 0.5) is 4.79 Å². The van der Waals surface area contributed by atoms with Gasteiger partial charge in [-0.05, 0) is 6.92 Å². The number of benzene rings is 1. The molecule has 0 aliphatic heterocycles. The molecule has 6 nitrogen and oxygen atoms in total. The lowest BCUT2D eigenvalue weighted by molar-refractivity contribution is -0.683. The number of hydrogen-bond donors (Lipinski definition) is 3. The van der Waals surface area contributed by atoms with Crippen LogP contribution in [0.25, 0.3) is 0 Å². The molecule has 0 saturated carbocycles. The van der Waals surface area contributed by atoms with Crippen LogP contribution < -0.4 is 16.4 Å². The number of ether oxygens (including phenoxy) is 1. The molecule has 0 bridgehead atoms. The molecule has 0 radical (unpaired) electrons. The van der Waals surface area contributed by atoms with Gasteiger partial charge in [0.15, 0.2) is 6.04 Å². The minimum atomic E-state index is -0.835. The van der Waals surface area contributed by atoms with E-state index in [2.05, 4.69) is 5.32 Å². The number of amides is 3. The highest BCUT2D eigenvalue weighted by molar-refractivity contribution is 5.96. The van der Waals surface area contributed by atoms with E-state index in [9.17, 15) is 9.59 Å². The largest absolute Gasteiger partial charge is 0.382 e. The number of rotatable bonds is 8. The average molecular weight is 280 g/mol. The van der Waals surface area contributed by atoms with Crippen molar-refractivity contribution in [3.05, 3.63) is 35.9 Å². The summed E-state index contributed by atoms with van der Waals surface area (Å²) in [6.07, 6.45) is 0.834. The van der Waals surface area contributed by atoms with E-state index in [1.54, 1.807) is 0 Å². The van der Waals surface area contributed by atoms with Crippen molar-refractivity contribution in [2.24, 2.45) is 5.73 Å². The Morgan fingerprint density at radius 3 is 2.65 bits per heavy atom. The van der Waals surface area contributed by atoms with Crippen LogP contribution in [0.5, 0.6) is 0 Å². The van der Waals surface area contributed by atoms with Crippen LogP contribution in [-0.2, 0) is 9.53 Å². The van der Waals surface area contributed by atoms with Crippen LogP contribution in [0.3, 0.4) is 0 Å². The Morgan fingerprint density at radius 2 is 2.05 bits per heavy atom. The van der Waals surface area contributed by atoms with Gasteiger partial charge in [0.25, 0.3) is 5.91 Å². The number of nitrogens with two attached hydrogens (primary N) is 2. The first kappa shape index (κ1) is 16.1. The van der Waals surface area contributed by atoms with E-state index >= 15 is 0 Å². The zero-order valence-electron chi connectivity index (χ0n) is 11.7. The van der Waals surface area contributed by atoms with Gasteiger partial charge in [-0.15, -0.1) is 0 Å². The van der Waals surface area contributed by atoms with Crippen molar-refractivity contribution >= 4 is 11.9 Å². The summed E-state index contributed by atoms with van der Waals surface area (Å²) < 4.78 is 5.25. The molecule has 0 heterocycles. The monoisotopic (exact) mass is 280 g/mol. The van der Waals surface area contributed by atoms with Gasteiger partial charge in [0.05, 0.1) is 13.2 Å². The Bertz CT molecular complexity index is 423. The maximum Gasteiger partial charge on any atom is 0.319 e. The number of primary amides is 1. The van der Waals surface area contributed by atoms with Crippen LogP contribution in [0, 0.1) is 0 Å². The summed E-state index contributed by atoms with van der Waals surface area (Å²) in [4.78, 5) is 22.8. The molecule has 1 aromatic rings. The molecule has 0 unspecified atom stereocenters. The van der Waals surface area contributed by atoms with Crippen LogP contribution in [0.1, 0.15) is 24.9 Å². The summed E-state index contributed by atoms with van der Waals surface area (Å²) in [5.41, 5.74) is 5.83. The number of carbonyl (C=O) groups is 2. The molecule has 0 spiro atoms. The van der Waals surface area contributed by atoms with Crippen molar-refractivity contribution in [1.29, 1.82) is 0 Å². The van der Waals surface area contributed by atoms with E-state index in [0.29, 0.717) is 13.2 Å². The summed E-state index contributed by atoms with van der Waals surface area (Å²) in [7, 11) is 0. The van der Waals surface area contributed by atoms with E-state index in [1.807, 2.05) is 42.6 Å². The highest BCUT2D eigenvalue weighted by Crippen LogP contribution is 2.08. The zero-order chi connectivity index (χ0) is 14.8. The van der Waals surface area contributed by atoms with Gasteiger partial charge >= 0.3 is 6.03 Å². The van der Waals surface area contributed by atoms with Gasteiger partial charge in [-0.3, -0.25) is 10.1 Å². The van der Waals surface area contributed by atoms with Gasteiger partial charge < -0.3 is 15.8 Å². The molecule has 0 aliphatic carbocycles. The summed E-state index contributed by atoms with van der Waals surface area (Å²) in [6.45, 7) is 4.01. The van der Waals surface area contributed by atoms with Gasteiger partial charge in [-0.1, -0.05) is 30.3 Å². The van der Waals surface area contributed by atoms with Crippen LogP contribution in [0.2, 0.25) is 0 Å². The van der Waals surface area contributed by atoms with Crippen molar-refractivity contribution < 1.29 is 19.6 Å². The molecule has 110 valence electrons. The van der Waals surface area contributed by atoms with Gasteiger partial charge in [0, 0.05) is 18.6 Å².